The average Bonchev–Trinajstić information content (AvgIpc) is 2.57. The highest BCUT2D eigenvalue weighted by atomic mass is 32.1. The predicted molar refractivity (Wildman–Crippen MR) is 65.3 cm³/mol. The monoisotopic (exact) mass is 257 g/mol. The van der Waals surface area contributed by atoms with Gasteiger partial charge in [-0.05, 0) is 11.3 Å². The molecule has 1 heterocycles. The van der Waals surface area contributed by atoms with Crippen LogP contribution in [0, 0.1) is 11.8 Å². The van der Waals surface area contributed by atoms with Crippen molar-refractivity contribution < 1.29 is 9.59 Å². The van der Waals surface area contributed by atoms with Crippen LogP contribution in [-0.2, 0) is 4.79 Å². The van der Waals surface area contributed by atoms with Crippen molar-refractivity contribution in [3.8, 4) is 0 Å². The largest absolute Gasteiger partial charge is 0.334 e. The number of nitrogens with one attached hydrogen (secondary N) is 1. The zero-order chi connectivity index (χ0) is 13.2. The Morgan fingerprint density at radius 2 is 1.82 bits per heavy atom. The van der Waals surface area contributed by atoms with E-state index in [-0.39, 0.29) is 28.8 Å². The third-order valence-electron chi connectivity index (χ3n) is 2.00. The molecule has 0 aliphatic rings. The molecule has 6 nitrogen and oxygen atoms in total. The first-order chi connectivity index (χ1) is 7.82. The summed E-state index contributed by atoms with van der Waals surface area (Å²) < 4.78 is 0.797. The third-order valence-corrected chi connectivity index (χ3v) is 2.73. The Hall–Kier alpha value is -1.50. The quantitative estimate of drug-likeness (QED) is 0.882. The summed E-state index contributed by atoms with van der Waals surface area (Å²) in [7, 11) is 0. The summed E-state index contributed by atoms with van der Waals surface area (Å²) in [5, 5.41) is 6.44. The van der Waals surface area contributed by atoms with Crippen molar-refractivity contribution >= 4 is 28.3 Å². The molecule has 0 aliphatic heterocycles. The second-order valence-electron chi connectivity index (χ2n) is 4.22. The standard InChI is InChI=1S/C10H15N3O3S/c1-5(2)7(14)11-9-12-13(10(16)17-9)8(15)6(3)4/h5-6H,1-4H3,(H,11,12,14). The minimum Gasteiger partial charge on any atom is -0.300 e. The zero-order valence-electron chi connectivity index (χ0n) is 10.2. The van der Waals surface area contributed by atoms with E-state index in [4.69, 9.17) is 0 Å². The molecule has 17 heavy (non-hydrogen) atoms. The van der Waals surface area contributed by atoms with Gasteiger partial charge in [0.2, 0.25) is 11.0 Å². The number of hydrogen-bond donors (Lipinski definition) is 1. The van der Waals surface area contributed by atoms with Crippen LogP contribution in [0.5, 0.6) is 0 Å². The average molecular weight is 257 g/mol. The third kappa shape index (κ3) is 3.23. The highest BCUT2D eigenvalue weighted by molar-refractivity contribution is 7.13. The summed E-state index contributed by atoms with van der Waals surface area (Å²) in [6, 6.07) is 0. The molecule has 1 rings (SSSR count). The van der Waals surface area contributed by atoms with Gasteiger partial charge in [-0.15, -0.1) is 5.10 Å². The van der Waals surface area contributed by atoms with Crippen molar-refractivity contribution in [3.05, 3.63) is 9.67 Å². The van der Waals surface area contributed by atoms with Crippen molar-refractivity contribution in [1.29, 1.82) is 0 Å². The minimum absolute atomic E-state index is 0.155. The Morgan fingerprint density at radius 1 is 1.24 bits per heavy atom. The zero-order valence-corrected chi connectivity index (χ0v) is 11.0. The molecule has 1 aromatic heterocycles. The SMILES string of the molecule is CC(C)C(=O)Nc1nn(C(=O)C(C)C)c(=O)s1. The van der Waals surface area contributed by atoms with E-state index in [1.165, 1.54) is 0 Å². The molecule has 0 radical (unpaired) electrons. The molecule has 1 amide bonds. The van der Waals surface area contributed by atoms with Gasteiger partial charge >= 0.3 is 4.87 Å². The van der Waals surface area contributed by atoms with Gasteiger partial charge < -0.3 is 5.32 Å². The van der Waals surface area contributed by atoms with Crippen LogP contribution < -0.4 is 10.2 Å². The lowest BCUT2D eigenvalue weighted by Gasteiger charge is -2.03. The minimum atomic E-state index is -0.484. The van der Waals surface area contributed by atoms with Crippen LogP contribution in [0.25, 0.3) is 0 Å². The molecule has 0 fully saturated rings. The second kappa shape index (κ2) is 5.22. The normalized spacial score (nSPS) is 10.9. The molecule has 0 aliphatic carbocycles. The van der Waals surface area contributed by atoms with Crippen molar-refractivity contribution in [2.24, 2.45) is 11.8 Å². The first-order valence-corrected chi connectivity index (χ1v) is 6.09. The summed E-state index contributed by atoms with van der Waals surface area (Å²) in [4.78, 5) is 34.0. The topological polar surface area (TPSA) is 81.1 Å². The lowest BCUT2D eigenvalue weighted by atomic mass is 10.2. The Labute approximate surface area is 103 Å². The Bertz CT molecular complexity index is 487. The molecule has 0 unspecified atom stereocenters. The summed E-state index contributed by atoms with van der Waals surface area (Å²) in [6.07, 6.45) is 0. The number of anilines is 1. The van der Waals surface area contributed by atoms with Gasteiger partial charge in [-0.2, -0.15) is 4.68 Å². The van der Waals surface area contributed by atoms with Gasteiger partial charge in [-0.3, -0.25) is 14.4 Å². The van der Waals surface area contributed by atoms with E-state index in [2.05, 4.69) is 10.4 Å². The fraction of sp³-hybridized carbons (Fsp3) is 0.600. The van der Waals surface area contributed by atoms with Crippen molar-refractivity contribution in [2.75, 3.05) is 5.32 Å². The smallest absolute Gasteiger partial charge is 0.300 e. The maximum absolute atomic E-state index is 11.6. The van der Waals surface area contributed by atoms with E-state index < -0.39 is 4.87 Å². The molecule has 0 bridgehead atoms. The molecular weight excluding hydrogens is 242 g/mol. The Balaban J connectivity index is 2.93. The van der Waals surface area contributed by atoms with E-state index in [0.29, 0.717) is 0 Å². The van der Waals surface area contributed by atoms with Crippen LogP contribution >= 0.6 is 11.3 Å². The predicted octanol–water partition coefficient (Wildman–Crippen LogP) is 1.20. The molecule has 0 saturated heterocycles. The molecule has 0 spiro atoms. The lowest BCUT2D eigenvalue weighted by molar-refractivity contribution is -0.118. The molecule has 7 heteroatoms. The maximum atomic E-state index is 11.6. The number of amides is 1. The Kier molecular flexibility index (Phi) is 4.17. The fourth-order valence-corrected chi connectivity index (χ4v) is 1.62. The van der Waals surface area contributed by atoms with Gasteiger partial charge in [0.1, 0.15) is 0 Å². The van der Waals surface area contributed by atoms with Gasteiger partial charge in [-0.1, -0.05) is 27.7 Å². The number of carbonyl (C=O) groups is 2. The number of aromatic nitrogens is 2. The first-order valence-electron chi connectivity index (χ1n) is 5.28. The van der Waals surface area contributed by atoms with Crippen molar-refractivity contribution in [1.82, 2.24) is 9.78 Å². The van der Waals surface area contributed by atoms with E-state index in [0.717, 1.165) is 16.0 Å². The Morgan fingerprint density at radius 3 is 2.29 bits per heavy atom. The van der Waals surface area contributed by atoms with Crippen LogP contribution in [0.4, 0.5) is 5.13 Å². The maximum Gasteiger partial charge on any atom is 0.334 e. The fourth-order valence-electron chi connectivity index (χ4n) is 0.962. The van der Waals surface area contributed by atoms with Gasteiger partial charge in [0.05, 0.1) is 0 Å². The van der Waals surface area contributed by atoms with E-state index in [1.807, 2.05) is 0 Å². The molecule has 1 aromatic rings. The highest BCUT2D eigenvalue weighted by Gasteiger charge is 2.18. The number of hydrogen-bond acceptors (Lipinski definition) is 5. The van der Waals surface area contributed by atoms with Crippen LogP contribution in [0.1, 0.15) is 32.5 Å². The molecule has 0 atom stereocenters. The molecule has 94 valence electrons. The number of carbonyl (C=O) groups excluding carboxylic acids is 2. The second-order valence-corrected chi connectivity index (χ2v) is 5.16. The number of rotatable bonds is 3. The van der Waals surface area contributed by atoms with Crippen LogP contribution in [0.2, 0.25) is 0 Å². The van der Waals surface area contributed by atoms with Crippen LogP contribution in [0.3, 0.4) is 0 Å². The highest BCUT2D eigenvalue weighted by Crippen LogP contribution is 2.09. The molecule has 0 aromatic carbocycles. The summed E-state index contributed by atoms with van der Waals surface area (Å²) in [5.74, 6) is -1.13. The molecule has 1 N–H and O–H groups in total. The van der Waals surface area contributed by atoms with Crippen LogP contribution in [0.15, 0.2) is 4.79 Å². The van der Waals surface area contributed by atoms with E-state index >= 15 is 0 Å². The first kappa shape index (κ1) is 13.6. The number of nitrogens with zero attached hydrogens (tertiary/aromatic N) is 2. The summed E-state index contributed by atoms with van der Waals surface area (Å²) >= 11 is 0.749. The van der Waals surface area contributed by atoms with Gasteiger partial charge in [-0.25, -0.2) is 0 Å². The van der Waals surface area contributed by atoms with Gasteiger partial charge in [0.25, 0.3) is 5.91 Å². The van der Waals surface area contributed by atoms with Crippen molar-refractivity contribution in [3.63, 3.8) is 0 Å². The van der Waals surface area contributed by atoms with Crippen molar-refractivity contribution in [2.45, 2.75) is 27.7 Å². The van der Waals surface area contributed by atoms with Crippen LogP contribution in [-0.4, -0.2) is 21.6 Å². The summed E-state index contributed by atoms with van der Waals surface area (Å²) in [5.41, 5.74) is 0. The van der Waals surface area contributed by atoms with Gasteiger partial charge in [0, 0.05) is 11.8 Å². The lowest BCUT2D eigenvalue weighted by Crippen LogP contribution is -2.27. The molecular formula is C10H15N3O3S. The summed E-state index contributed by atoms with van der Waals surface area (Å²) in [6.45, 7) is 6.82. The van der Waals surface area contributed by atoms with E-state index in [9.17, 15) is 14.4 Å². The van der Waals surface area contributed by atoms with Gasteiger partial charge in [0.15, 0.2) is 0 Å². The van der Waals surface area contributed by atoms with E-state index in [1.54, 1.807) is 27.7 Å². The molecule has 0 saturated carbocycles.